The third-order valence-corrected chi connectivity index (χ3v) is 4.55. The van der Waals surface area contributed by atoms with E-state index in [2.05, 4.69) is 57.7 Å². The second-order valence-corrected chi connectivity index (χ2v) is 7.29. The van der Waals surface area contributed by atoms with Crippen LogP contribution in [0.2, 0.25) is 5.02 Å². The van der Waals surface area contributed by atoms with E-state index in [4.69, 9.17) is 16.3 Å². The van der Waals surface area contributed by atoms with Gasteiger partial charge in [-0.05, 0) is 82.2 Å². The molecule has 0 saturated heterocycles. The van der Waals surface area contributed by atoms with Crippen molar-refractivity contribution in [2.24, 2.45) is 0 Å². The van der Waals surface area contributed by atoms with Crippen LogP contribution in [0, 0.1) is 0 Å². The zero-order valence-corrected chi connectivity index (χ0v) is 16.5. The lowest BCUT2D eigenvalue weighted by Crippen LogP contribution is -2.37. The molecule has 0 saturated carbocycles. The average molecular weight is 358 g/mol. The van der Waals surface area contributed by atoms with Gasteiger partial charge in [-0.25, -0.2) is 0 Å². The maximum Gasteiger partial charge on any atom is 0.127 e. The molecular weight excluding hydrogens is 330 g/mol. The number of nitrogens with zero attached hydrogens (tertiary/aromatic N) is 1. The number of hydrogen-bond acceptors (Lipinski definition) is 2. The fourth-order valence-electron chi connectivity index (χ4n) is 2.80. The number of hydrogen-bond donors (Lipinski definition) is 0. The maximum absolute atomic E-state index is 5.90. The van der Waals surface area contributed by atoms with Crippen LogP contribution in [0.15, 0.2) is 54.6 Å². The van der Waals surface area contributed by atoms with Crippen molar-refractivity contribution >= 4 is 17.2 Å². The molecule has 0 radical (unpaired) electrons. The Balaban J connectivity index is 2.03. The van der Waals surface area contributed by atoms with Gasteiger partial charge in [0.05, 0.1) is 0 Å². The first-order chi connectivity index (χ1) is 11.9. The van der Waals surface area contributed by atoms with E-state index in [1.165, 1.54) is 11.1 Å². The summed E-state index contributed by atoms with van der Waals surface area (Å²) >= 11 is 5.90. The highest BCUT2D eigenvalue weighted by atomic mass is 35.5. The molecule has 0 aliphatic rings. The Kier molecular flexibility index (Phi) is 7.10. The molecule has 0 N–H and O–H groups in total. The summed E-state index contributed by atoms with van der Waals surface area (Å²) in [5.74, 6) is 1.61. The van der Waals surface area contributed by atoms with Gasteiger partial charge in [-0.3, -0.25) is 4.90 Å². The van der Waals surface area contributed by atoms with Crippen molar-refractivity contribution in [3.8, 4) is 11.5 Å². The zero-order chi connectivity index (χ0) is 18.4. The van der Waals surface area contributed by atoms with Crippen LogP contribution in [0.1, 0.15) is 40.2 Å². The predicted molar refractivity (Wildman–Crippen MR) is 109 cm³/mol. The van der Waals surface area contributed by atoms with Crippen LogP contribution in [0.3, 0.4) is 0 Å². The summed E-state index contributed by atoms with van der Waals surface area (Å²) in [6.45, 7) is 12.1. The maximum atomic E-state index is 5.90. The number of ether oxygens (including phenoxy) is 1. The first kappa shape index (κ1) is 19.6. The minimum absolute atomic E-state index is 0.541. The third kappa shape index (κ3) is 5.91. The molecule has 0 bridgehead atoms. The van der Waals surface area contributed by atoms with Crippen LogP contribution < -0.4 is 4.74 Å². The summed E-state index contributed by atoms with van der Waals surface area (Å²) in [5.41, 5.74) is 2.50. The molecule has 0 spiro atoms. The van der Waals surface area contributed by atoms with Gasteiger partial charge in [-0.2, -0.15) is 0 Å². The molecule has 0 amide bonds. The van der Waals surface area contributed by atoms with Crippen molar-refractivity contribution in [1.82, 2.24) is 4.90 Å². The highest BCUT2D eigenvalue weighted by molar-refractivity contribution is 6.30. The molecule has 2 rings (SSSR count). The average Bonchev–Trinajstić information content (AvgIpc) is 2.57. The normalized spacial score (nSPS) is 12.3. The Labute approximate surface area is 157 Å². The summed E-state index contributed by atoms with van der Waals surface area (Å²) in [7, 11) is 0. The second kappa shape index (κ2) is 9.07. The Morgan fingerprint density at radius 1 is 0.920 bits per heavy atom. The smallest absolute Gasteiger partial charge is 0.127 e. The van der Waals surface area contributed by atoms with Crippen molar-refractivity contribution < 1.29 is 4.74 Å². The molecule has 2 nitrogen and oxygen atoms in total. The molecule has 134 valence electrons. The molecule has 2 aromatic rings. The van der Waals surface area contributed by atoms with Gasteiger partial charge in [0.1, 0.15) is 11.5 Å². The van der Waals surface area contributed by atoms with Crippen molar-refractivity contribution in [3.63, 3.8) is 0 Å². The molecule has 0 heterocycles. The standard InChI is InChI=1S/C22H28ClNO/c1-16(2)24(17(3)4)15-14-18(5)19-6-10-21(11-7-19)25-22-12-8-20(23)9-13-22/h6-14,16-17H,15H2,1-5H3. The van der Waals surface area contributed by atoms with Crippen molar-refractivity contribution in [2.75, 3.05) is 6.54 Å². The number of allylic oxidation sites excluding steroid dienone is 1. The van der Waals surface area contributed by atoms with E-state index in [1.807, 2.05) is 36.4 Å². The minimum atomic E-state index is 0.541. The summed E-state index contributed by atoms with van der Waals surface area (Å²) in [5, 5.41) is 0.709. The Morgan fingerprint density at radius 2 is 1.40 bits per heavy atom. The number of rotatable bonds is 7. The fourth-order valence-corrected chi connectivity index (χ4v) is 2.93. The molecule has 0 unspecified atom stereocenters. The molecule has 0 aromatic heterocycles. The van der Waals surface area contributed by atoms with E-state index in [1.54, 1.807) is 0 Å². The van der Waals surface area contributed by atoms with E-state index in [0.29, 0.717) is 17.1 Å². The number of benzene rings is 2. The molecule has 0 fully saturated rings. The van der Waals surface area contributed by atoms with Crippen molar-refractivity contribution in [1.29, 1.82) is 0 Å². The second-order valence-electron chi connectivity index (χ2n) is 6.85. The van der Waals surface area contributed by atoms with Gasteiger partial charge >= 0.3 is 0 Å². The molecule has 2 aromatic carbocycles. The lowest BCUT2D eigenvalue weighted by atomic mass is 10.1. The van der Waals surface area contributed by atoms with Gasteiger partial charge in [0.25, 0.3) is 0 Å². The largest absolute Gasteiger partial charge is 0.457 e. The number of halogens is 1. The Hall–Kier alpha value is -1.77. The lowest BCUT2D eigenvalue weighted by molar-refractivity contribution is 0.196. The highest BCUT2D eigenvalue weighted by Crippen LogP contribution is 2.25. The summed E-state index contributed by atoms with van der Waals surface area (Å²) in [6, 6.07) is 16.7. The van der Waals surface area contributed by atoms with Crippen LogP contribution in [-0.4, -0.2) is 23.5 Å². The molecule has 0 atom stereocenters. The van der Waals surface area contributed by atoms with E-state index in [9.17, 15) is 0 Å². The minimum Gasteiger partial charge on any atom is -0.457 e. The van der Waals surface area contributed by atoms with Crippen LogP contribution in [0.5, 0.6) is 11.5 Å². The van der Waals surface area contributed by atoms with Crippen LogP contribution >= 0.6 is 11.6 Å². The third-order valence-electron chi connectivity index (χ3n) is 4.29. The van der Waals surface area contributed by atoms with Crippen LogP contribution in [-0.2, 0) is 0 Å². The van der Waals surface area contributed by atoms with Gasteiger partial charge < -0.3 is 4.74 Å². The van der Waals surface area contributed by atoms with Gasteiger partial charge in [-0.15, -0.1) is 0 Å². The molecule has 0 aliphatic heterocycles. The van der Waals surface area contributed by atoms with Gasteiger partial charge in [0, 0.05) is 23.7 Å². The first-order valence-electron chi connectivity index (χ1n) is 8.83. The van der Waals surface area contributed by atoms with E-state index in [0.717, 1.165) is 18.0 Å². The van der Waals surface area contributed by atoms with Gasteiger partial charge in [-0.1, -0.05) is 29.8 Å². The fraction of sp³-hybridized carbons (Fsp3) is 0.364. The Bertz CT molecular complexity index is 679. The SMILES string of the molecule is CC(=CCN(C(C)C)C(C)C)c1ccc(Oc2ccc(Cl)cc2)cc1. The zero-order valence-electron chi connectivity index (χ0n) is 15.8. The quantitative estimate of drug-likeness (QED) is 0.549. The molecule has 3 heteroatoms. The first-order valence-corrected chi connectivity index (χ1v) is 9.21. The van der Waals surface area contributed by atoms with Crippen molar-refractivity contribution in [3.05, 3.63) is 65.2 Å². The van der Waals surface area contributed by atoms with Crippen molar-refractivity contribution in [2.45, 2.75) is 46.7 Å². The molecular formula is C22H28ClNO. The van der Waals surface area contributed by atoms with E-state index in [-0.39, 0.29) is 0 Å². The molecule has 25 heavy (non-hydrogen) atoms. The van der Waals surface area contributed by atoms with E-state index >= 15 is 0 Å². The topological polar surface area (TPSA) is 12.5 Å². The van der Waals surface area contributed by atoms with Crippen LogP contribution in [0.4, 0.5) is 0 Å². The summed E-state index contributed by atoms with van der Waals surface area (Å²) < 4.78 is 5.84. The monoisotopic (exact) mass is 357 g/mol. The molecule has 0 aliphatic carbocycles. The summed E-state index contributed by atoms with van der Waals surface area (Å²) in [6.07, 6.45) is 2.30. The highest BCUT2D eigenvalue weighted by Gasteiger charge is 2.11. The lowest BCUT2D eigenvalue weighted by Gasteiger charge is -2.29. The summed E-state index contributed by atoms with van der Waals surface area (Å²) in [4.78, 5) is 2.47. The van der Waals surface area contributed by atoms with Crippen LogP contribution in [0.25, 0.3) is 5.57 Å². The predicted octanol–water partition coefficient (Wildman–Crippen LogP) is 6.65. The Morgan fingerprint density at radius 3 is 1.88 bits per heavy atom. The van der Waals surface area contributed by atoms with E-state index < -0.39 is 0 Å². The van der Waals surface area contributed by atoms with Gasteiger partial charge in [0.15, 0.2) is 0 Å². The van der Waals surface area contributed by atoms with Gasteiger partial charge in [0.2, 0.25) is 0 Å².